The van der Waals surface area contributed by atoms with Gasteiger partial charge in [-0.15, -0.1) is 0 Å². The van der Waals surface area contributed by atoms with Crippen molar-refractivity contribution in [3.8, 4) is 0 Å². The minimum atomic E-state index is -0.193. The zero-order valence-corrected chi connectivity index (χ0v) is 12.1. The summed E-state index contributed by atoms with van der Waals surface area (Å²) in [5.74, 6) is 0. The lowest BCUT2D eigenvalue weighted by atomic mass is 9.55. The first-order chi connectivity index (χ1) is 6.86. The van der Waals surface area contributed by atoms with Crippen LogP contribution < -0.4 is 0 Å². The van der Waals surface area contributed by atoms with E-state index in [2.05, 4.69) is 55.4 Å². The van der Waals surface area contributed by atoms with Crippen LogP contribution in [0.1, 0.15) is 61.8 Å². The molecule has 1 saturated carbocycles. The molecule has 0 aromatic heterocycles. The molecule has 1 N–H and O–H groups in total. The quantitative estimate of drug-likeness (QED) is 0.679. The Kier molecular flexibility index (Phi) is 1.94. The molecule has 2 unspecified atom stereocenters. The Hall–Kier alpha value is -0.0800. The van der Waals surface area contributed by atoms with Crippen LogP contribution in [0.4, 0.5) is 0 Å². The van der Waals surface area contributed by atoms with E-state index in [4.69, 9.17) is 0 Å². The highest BCUT2D eigenvalue weighted by Gasteiger charge is 2.81. The van der Waals surface area contributed by atoms with Gasteiger partial charge in [0.2, 0.25) is 0 Å². The molecule has 0 amide bonds. The average molecular weight is 225 g/mol. The Morgan fingerprint density at radius 1 is 0.750 bits per heavy atom. The van der Waals surface area contributed by atoms with Crippen molar-refractivity contribution in [1.29, 1.82) is 0 Å². The van der Waals surface area contributed by atoms with Crippen LogP contribution in [0.3, 0.4) is 0 Å². The Bertz CT molecular complexity index is 335. The molecule has 0 spiro atoms. The monoisotopic (exact) mass is 225 g/mol. The number of fused-ring (bicyclic) bond motifs is 1. The predicted molar refractivity (Wildman–Crippen MR) is 66.4 cm³/mol. The molecule has 16 heavy (non-hydrogen) atoms. The molecule has 0 aromatic carbocycles. The van der Waals surface area contributed by atoms with Gasteiger partial charge in [-0.1, -0.05) is 27.7 Å². The van der Waals surface area contributed by atoms with Crippen LogP contribution in [0, 0.1) is 16.2 Å². The number of nitrogens with zero attached hydrogens (tertiary/aromatic N) is 1. The van der Waals surface area contributed by atoms with Crippen molar-refractivity contribution in [3.63, 3.8) is 0 Å². The largest absolute Gasteiger partial charge is 0.313 e. The summed E-state index contributed by atoms with van der Waals surface area (Å²) in [4.78, 5) is 0. The van der Waals surface area contributed by atoms with Gasteiger partial charge in [0.05, 0.1) is 0 Å². The van der Waals surface area contributed by atoms with E-state index in [-0.39, 0.29) is 21.9 Å². The molecule has 2 nitrogen and oxygen atoms in total. The Morgan fingerprint density at radius 2 is 1.19 bits per heavy atom. The van der Waals surface area contributed by atoms with Crippen molar-refractivity contribution in [2.45, 2.75) is 72.9 Å². The third-order valence-corrected chi connectivity index (χ3v) is 7.12. The van der Waals surface area contributed by atoms with Gasteiger partial charge in [0.15, 0.2) is 0 Å². The van der Waals surface area contributed by atoms with Gasteiger partial charge in [-0.25, -0.2) is 0 Å². The van der Waals surface area contributed by atoms with Crippen molar-refractivity contribution in [1.82, 2.24) is 5.06 Å². The standard InChI is InChI=1S/C14H27NO/c1-10(2)11(3,4)15(16)12(5,6)14(8)9-13(10,14)7/h16H,9H2,1-8H3. The summed E-state index contributed by atoms with van der Waals surface area (Å²) in [5.41, 5.74) is 0.307. The maximum atomic E-state index is 10.6. The van der Waals surface area contributed by atoms with Gasteiger partial charge in [0.1, 0.15) is 0 Å². The maximum Gasteiger partial charge on any atom is 0.0469 e. The van der Waals surface area contributed by atoms with Crippen LogP contribution in [0.25, 0.3) is 0 Å². The average Bonchev–Trinajstić information content (AvgIpc) is 2.70. The molecule has 2 rings (SSSR count). The van der Waals surface area contributed by atoms with E-state index in [0.717, 1.165) is 0 Å². The fourth-order valence-corrected chi connectivity index (χ4v) is 4.34. The van der Waals surface area contributed by atoms with Gasteiger partial charge in [-0.2, -0.15) is 5.06 Å². The highest BCUT2D eigenvalue weighted by Crippen LogP contribution is 2.81. The number of hydrogen-bond acceptors (Lipinski definition) is 2. The summed E-state index contributed by atoms with van der Waals surface area (Å²) in [7, 11) is 0. The van der Waals surface area contributed by atoms with Crippen molar-refractivity contribution >= 4 is 0 Å². The number of rotatable bonds is 0. The van der Waals surface area contributed by atoms with Crippen LogP contribution in [-0.4, -0.2) is 21.3 Å². The van der Waals surface area contributed by atoms with E-state index in [9.17, 15) is 5.21 Å². The topological polar surface area (TPSA) is 23.5 Å². The van der Waals surface area contributed by atoms with E-state index in [1.807, 2.05) is 0 Å². The summed E-state index contributed by atoms with van der Waals surface area (Å²) in [5, 5.41) is 12.2. The second kappa shape index (κ2) is 2.51. The minimum Gasteiger partial charge on any atom is -0.313 e. The predicted octanol–water partition coefficient (Wildman–Crippen LogP) is 3.69. The summed E-state index contributed by atoms with van der Waals surface area (Å²) in [6.45, 7) is 18.0. The number of piperidine rings is 1. The van der Waals surface area contributed by atoms with Crippen molar-refractivity contribution in [2.75, 3.05) is 0 Å². The van der Waals surface area contributed by atoms with Crippen LogP contribution in [0.5, 0.6) is 0 Å². The second-order valence-corrected chi connectivity index (χ2v) is 7.90. The van der Waals surface area contributed by atoms with Gasteiger partial charge in [0.25, 0.3) is 0 Å². The Balaban J connectivity index is 2.61. The summed E-state index contributed by atoms with van der Waals surface area (Å²) in [6, 6.07) is 0. The highest BCUT2D eigenvalue weighted by atomic mass is 16.5. The van der Waals surface area contributed by atoms with E-state index < -0.39 is 0 Å². The van der Waals surface area contributed by atoms with Crippen molar-refractivity contribution < 1.29 is 5.21 Å². The molecule has 0 aromatic rings. The molecule has 2 aliphatic rings. The first-order valence-electron chi connectivity index (χ1n) is 6.35. The van der Waals surface area contributed by atoms with Crippen LogP contribution in [0.15, 0.2) is 0 Å². The molecule has 1 heterocycles. The zero-order chi connectivity index (χ0) is 12.8. The van der Waals surface area contributed by atoms with Crippen molar-refractivity contribution in [2.24, 2.45) is 16.2 Å². The lowest BCUT2D eigenvalue weighted by Gasteiger charge is -2.62. The van der Waals surface area contributed by atoms with Gasteiger partial charge in [0, 0.05) is 11.1 Å². The van der Waals surface area contributed by atoms with Gasteiger partial charge < -0.3 is 5.21 Å². The minimum absolute atomic E-state index is 0.110. The molecule has 2 fully saturated rings. The normalized spacial score (nSPS) is 48.6. The maximum absolute atomic E-state index is 10.6. The van der Waals surface area contributed by atoms with Crippen LogP contribution >= 0.6 is 0 Å². The van der Waals surface area contributed by atoms with Crippen molar-refractivity contribution in [3.05, 3.63) is 0 Å². The fraction of sp³-hybridized carbons (Fsp3) is 1.00. The lowest BCUT2D eigenvalue weighted by molar-refractivity contribution is -0.306. The summed E-state index contributed by atoms with van der Waals surface area (Å²) < 4.78 is 0. The van der Waals surface area contributed by atoms with Gasteiger partial charge >= 0.3 is 0 Å². The van der Waals surface area contributed by atoms with Gasteiger partial charge in [-0.05, 0) is 50.4 Å². The third kappa shape index (κ3) is 0.862. The fourth-order valence-electron chi connectivity index (χ4n) is 4.34. The summed E-state index contributed by atoms with van der Waals surface area (Å²) >= 11 is 0. The van der Waals surface area contributed by atoms with Crippen LogP contribution in [-0.2, 0) is 0 Å². The molecule has 1 aliphatic heterocycles. The Labute approximate surface area is 100.0 Å². The first-order valence-corrected chi connectivity index (χ1v) is 6.35. The van der Waals surface area contributed by atoms with Crippen LogP contribution in [0.2, 0.25) is 0 Å². The molecule has 2 atom stereocenters. The van der Waals surface area contributed by atoms with E-state index in [1.54, 1.807) is 5.06 Å². The SMILES string of the molecule is CC1(C)N(O)C(C)(C)C2(C)CC2(C)C1(C)C. The molecule has 2 heteroatoms. The summed E-state index contributed by atoms with van der Waals surface area (Å²) in [6.07, 6.45) is 1.21. The highest BCUT2D eigenvalue weighted by molar-refractivity contribution is 5.30. The molecule has 94 valence electrons. The smallest absolute Gasteiger partial charge is 0.0469 e. The zero-order valence-electron chi connectivity index (χ0n) is 12.1. The molecular weight excluding hydrogens is 198 g/mol. The van der Waals surface area contributed by atoms with Gasteiger partial charge in [-0.3, -0.25) is 0 Å². The molecule has 0 radical (unpaired) electrons. The third-order valence-electron chi connectivity index (χ3n) is 7.12. The molecule has 0 bridgehead atoms. The van der Waals surface area contributed by atoms with E-state index in [0.29, 0.717) is 5.41 Å². The van der Waals surface area contributed by atoms with E-state index >= 15 is 0 Å². The molecule has 1 aliphatic carbocycles. The Morgan fingerprint density at radius 3 is 1.62 bits per heavy atom. The van der Waals surface area contributed by atoms with E-state index in [1.165, 1.54) is 6.42 Å². The number of hydrogen-bond donors (Lipinski definition) is 1. The first kappa shape index (κ1) is 12.4. The molecular formula is C14H27NO. The second-order valence-electron chi connectivity index (χ2n) is 7.90. The lowest BCUT2D eigenvalue weighted by Crippen LogP contribution is -2.70. The molecule has 1 saturated heterocycles. The number of hydroxylamine groups is 2.